The third kappa shape index (κ3) is 4.08. The summed E-state index contributed by atoms with van der Waals surface area (Å²) in [5.41, 5.74) is -0.0243. The Labute approximate surface area is 97.2 Å². The molecule has 0 radical (unpaired) electrons. The van der Waals surface area contributed by atoms with Crippen LogP contribution in [0.15, 0.2) is 18.2 Å². The van der Waals surface area contributed by atoms with Crippen molar-refractivity contribution in [3.8, 4) is 0 Å². The Morgan fingerprint density at radius 3 is 2.82 bits per heavy atom. The molecular weight excluding hydrogens is 232 g/mol. The number of nitrogens with one attached hydrogen (secondary N) is 1. The Morgan fingerprint density at radius 2 is 2.24 bits per heavy atom. The van der Waals surface area contributed by atoms with E-state index in [1.165, 1.54) is 7.11 Å². The molecule has 0 fully saturated rings. The van der Waals surface area contributed by atoms with E-state index in [1.807, 2.05) is 0 Å². The monoisotopic (exact) mass is 245 g/mol. The lowest BCUT2D eigenvalue weighted by atomic mass is 10.1. The molecule has 0 aliphatic rings. The van der Waals surface area contributed by atoms with Gasteiger partial charge < -0.3 is 15.2 Å². The Morgan fingerprint density at radius 1 is 1.53 bits per heavy atom. The van der Waals surface area contributed by atoms with Crippen LogP contribution in [0.2, 0.25) is 0 Å². The third-order valence-electron chi connectivity index (χ3n) is 2.16. The lowest BCUT2D eigenvalue weighted by Crippen LogP contribution is -2.28. The predicted octanol–water partition coefficient (Wildman–Crippen LogP) is 0.761. The number of carbonyl (C=O) groups excluding carboxylic acids is 1. The number of aliphatic hydroxyl groups is 1. The van der Waals surface area contributed by atoms with Gasteiger partial charge in [-0.25, -0.2) is 8.78 Å². The van der Waals surface area contributed by atoms with E-state index >= 15 is 0 Å². The summed E-state index contributed by atoms with van der Waals surface area (Å²) in [7, 11) is 1.24. The Hall–Kier alpha value is -1.53. The van der Waals surface area contributed by atoms with Crippen molar-refractivity contribution in [3.63, 3.8) is 0 Å². The second-order valence-electron chi connectivity index (χ2n) is 3.39. The van der Waals surface area contributed by atoms with Gasteiger partial charge in [-0.2, -0.15) is 0 Å². The van der Waals surface area contributed by atoms with Crippen molar-refractivity contribution in [3.05, 3.63) is 35.4 Å². The fourth-order valence-corrected chi connectivity index (χ4v) is 1.26. The minimum absolute atomic E-state index is 0.0243. The molecule has 0 aliphatic heterocycles. The first-order chi connectivity index (χ1) is 8.04. The number of methoxy groups -OCH3 is 1. The van der Waals surface area contributed by atoms with Crippen molar-refractivity contribution < 1.29 is 23.4 Å². The summed E-state index contributed by atoms with van der Waals surface area (Å²) < 4.78 is 30.2. The summed E-state index contributed by atoms with van der Waals surface area (Å²) in [4.78, 5) is 10.8. The molecule has 0 amide bonds. The van der Waals surface area contributed by atoms with Gasteiger partial charge in [0.05, 0.1) is 19.8 Å². The van der Waals surface area contributed by atoms with E-state index in [-0.39, 0.29) is 18.7 Å². The van der Waals surface area contributed by atoms with Crippen molar-refractivity contribution in [1.82, 2.24) is 5.32 Å². The molecule has 17 heavy (non-hydrogen) atoms. The van der Waals surface area contributed by atoms with Crippen LogP contribution in [0, 0.1) is 11.6 Å². The van der Waals surface area contributed by atoms with E-state index in [9.17, 15) is 18.7 Å². The molecule has 0 spiro atoms. The van der Waals surface area contributed by atoms with Crippen molar-refractivity contribution in [1.29, 1.82) is 0 Å². The summed E-state index contributed by atoms with van der Waals surface area (Å²) in [6, 6.07) is 2.91. The van der Waals surface area contributed by atoms with Crippen LogP contribution in [-0.4, -0.2) is 31.3 Å². The number of halogens is 2. The van der Waals surface area contributed by atoms with E-state index in [2.05, 4.69) is 10.1 Å². The number of benzene rings is 1. The van der Waals surface area contributed by atoms with E-state index < -0.39 is 23.7 Å². The van der Waals surface area contributed by atoms with Crippen LogP contribution >= 0.6 is 0 Å². The summed E-state index contributed by atoms with van der Waals surface area (Å²) >= 11 is 0. The number of aliphatic hydroxyl groups excluding tert-OH is 1. The molecule has 1 rings (SSSR count). The fraction of sp³-hybridized carbons (Fsp3) is 0.364. The molecule has 0 saturated carbocycles. The number of esters is 1. The molecule has 0 heterocycles. The van der Waals surface area contributed by atoms with Crippen LogP contribution in [0.1, 0.15) is 11.7 Å². The number of hydrogen-bond acceptors (Lipinski definition) is 4. The van der Waals surface area contributed by atoms with Crippen molar-refractivity contribution >= 4 is 5.97 Å². The predicted molar refractivity (Wildman–Crippen MR) is 56.2 cm³/mol. The van der Waals surface area contributed by atoms with Gasteiger partial charge >= 0.3 is 5.97 Å². The molecule has 6 heteroatoms. The van der Waals surface area contributed by atoms with Crippen LogP contribution in [0.25, 0.3) is 0 Å². The Kier molecular flexibility index (Phi) is 4.99. The molecule has 0 aliphatic carbocycles. The maximum Gasteiger partial charge on any atom is 0.319 e. The number of carbonyl (C=O) groups is 1. The van der Waals surface area contributed by atoms with E-state index in [0.29, 0.717) is 6.07 Å². The zero-order valence-electron chi connectivity index (χ0n) is 9.24. The molecule has 1 unspecified atom stereocenters. The minimum Gasteiger partial charge on any atom is -0.468 e. The van der Waals surface area contributed by atoms with Crippen LogP contribution in [0.3, 0.4) is 0 Å². The summed E-state index contributed by atoms with van der Waals surface area (Å²) in [6.07, 6.45) is -1.15. The lowest BCUT2D eigenvalue weighted by Gasteiger charge is -2.12. The molecule has 0 aromatic heterocycles. The zero-order valence-corrected chi connectivity index (χ0v) is 9.24. The van der Waals surface area contributed by atoms with Gasteiger partial charge in [-0.1, -0.05) is 6.07 Å². The van der Waals surface area contributed by atoms with Gasteiger partial charge in [0.25, 0.3) is 0 Å². The minimum atomic E-state index is -1.15. The smallest absolute Gasteiger partial charge is 0.319 e. The molecule has 94 valence electrons. The molecular formula is C11H13F2NO3. The highest BCUT2D eigenvalue weighted by Gasteiger charge is 2.13. The van der Waals surface area contributed by atoms with Crippen LogP contribution in [0.5, 0.6) is 0 Å². The highest BCUT2D eigenvalue weighted by atomic mass is 19.1. The van der Waals surface area contributed by atoms with Gasteiger partial charge in [0.1, 0.15) is 11.6 Å². The molecule has 1 aromatic rings. The van der Waals surface area contributed by atoms with Crippen molar-refractivity contribution in [2.75, 3.05) is 20.2 Å². The van der Waals surface area contributed by atoms with Gasteiger partial charge in [-0.15, -0.1) is 0 Å². The second kappa shape index (κ2) is 6.27. The van der Waals surface area contributed by atoms with Crippen LogP contribution in [0.4, 0.5) is 8.78 Å². The second-order valence-corrected chi connectivity index (χ2v) is 3.39. The summed E-state index contributed by atoms with van der Waals surface area (Å²) in [5.74, 6) is -2.02. The summed E-state index contributed by atoms with van der Waals surface area (Å²) in [6.45, 7) is -0.117. The first-order valence-electron chi connectivity index (χ1n) is 4.95. The maximum absolute atomic E-state index is 13.2. The lowest BCUT2D eigenvalue weighted by molar-refractivity contribution is -0.139. The SMILES string of the molecule is COC(=O)CNCC(O)c1ccc(F)cc1F. The standard InChI is InChI=1S/C11H13F2NO3/c1-17-11(16)6-14-5-10(15)8-3-2-7(12)4-9(8)13/h2-4,10,14-15H,5-6H2,1H3. The third-order valence-corrected chi connectivity index (χ3v) is 2.16. The topological polar surface area (TPSA) is 58.6 Å². The van der Waals surface area contributed by atoms with E-state index in [4.69, 9.17) is 0 Å². The van der Waals surface area contributed by atoms with Gasteiger partial charge in [-0.3, -0.25) is 4.79 Å². The van der Waals surface area contributed by atoms with Crippen LogP contribution < -0.4 is 5.32 Å². The average molecular weight is 245 g/mol. The van der Waals surface area contributed by atoms with Gasteiger partial charge in [-0.05, 0) is 6.07 Å². The normalized spacial score (nSPS) is 12.2. The quantitative estimate of drug-likeness (QED) is 0.752. The highest BCUT2D eigenvalue weighted by molar-refractivity contribution is 5.71. The molecule has 1 atom stereocenters. The molecule has 0 bridgehead atoms. The molecule has 2 N–H and O–H groups in total. The van der Waals surface area contributed by atoms with Gasteiger partial charge in [0, 0.05) is 18.2 Å². The summed E-state index contributed by atoms with van der Waals surface area (Å²) in [5, 5.41) is 12.2. The number of rotatable bonds is 5. The number of ether oxygens (including phenoxy) is 1. The zero-order chi connectivity index (χ0) is 12.8. The van der Waals surface area contributed by atoms with Crippen molar-refractivity contribution in [2.45, 2.75) is 6.10 Å². The Balaban J connectivity index is 2.52. The van der Waals surface area contributed by atoms with E-state index in [1.54, 1.807) is 0 Å². The molecule has 4 nitrogen and oxygen atoms in total. The maximum atomic E-state index is 13.2. The first kappa shape index (κ1) is 13.5. The van der Waals surface area contributed by atoms with Gasteiger partial charge in [0.2, 0.25) is 0 Å². The highest BCUT2D eigenvalue weighted by Crippen LogP contribution is 2.17. The number of hydrogen-bond donors (Lipinski definition) is 2. The van der Waals surface area contributed by atoms with Gasteiger partial charge in [0.15, 0.2) is 0 Å². The Bertz CT molecular complexity index is 398. The fourth-order valence-electron chi connectivity index (χ4n) is 1.26. The molecule has 1 aromatic carbocycles. The average Bonchev–Trinajstić information content (AvgIpc) is 2.28. The van der Waals surface area contributed by atoms with Crippen LogP contribution in [-0.2, 0) is 9.53 Å². The molecule has 0 saturated heterocycles. The van der Waals surface area contributed by atoms with E-state index in [0.717, 1.165) is 12.1 Å². The largest absolute Gasteiger partial charge is 0.468 e. The first-order valence-corrected chi connectivity index (χ1v) is 4.95. The van der Waals surface area contributed by atoms with Crippen molar-refractivity contribution in [2.24, 2.45) is 0 Å².